The number of phenols is 1. The second-order valence-electron chi connectivity index (χ2n) is 7.42. The van der Waals surface area contributed by atoms with Gasteiger partial charge in [0.25, 0.3) is 0 Å². The van der Waals surface area contributed by atoms with E-state index in [4.69, 9.17) is 4.43 Å². The first-order valence-electron chi connectivity index (χ1n) is 8.85. The minimum Gasteiger partial charge on any atom is -0.507 e. The molecule has 0 atom stereocenters. The lowest BCUT2D eigenvalue weighted by atomic mass is 10.1. The Morgan fingerprint density at radius 3 is 1.96 bits per heavy atom. The predicted octanol–water partition coefficient (Wildman–Crippen LogP) is 6.29. The highest BCUT2D eigenvalue weighted by Gasteiger charge is 2.40. The Morgan fingerprint density at radius 1 is 0.917 bits per heavy atom. The molecule has 2 rings (SSSR count). The van der Waals surface area contributed by atoms with Gasteiger partial charge in [-0.15, -0.1) is 0 Å². The summed E-state index contributed by atoms with van der Waals surface area (Å²) in [6.07, 6.45) is 2.27. The van der Waals surface area contributed by atoms with Crippen LogP contribution in [0.5, 0.6) is 5.75 Å². The predicted molar refractivity (Wildman–Crippen MR) is 107 cm³/mol. The second kappa shape index (κ2) is 7.54. The van der Waals surface area contributed by atoms with Gasteiger partial charge in [-0.05, 0) is 47.8 Å². The fourth-order valence-electron chi connectivity index (χ4n) is 3.37. The van der Waals surface area contributed by atoms with Crippen molar-refractivity contribution in [3.05, 3.63) is 47.7 Å². The van der Waals surface area contributed by atoms with Gasteiger partial charge in [0.2, 0.25) is 8.32 Å². The van der Waals surface area contributed by atoms with E-state index in [1.54, 1.807) is 0 Å². The third-order valence-electron chi connectivity index (χ3n) is 4.66. The molecule has 0 heterocycles. The van der Waals surface area contributed by atoms with Crippen molar-refractivity contribution in [3.8, 4) is 5.75 Å². The molecule has 0 fully saturated rings. The van der Waals surface area contributed by atoms with E-state index in [2.05, 4.69) is 65.5 Å². The van der Waals surface area contributed by atoms with Gasteiger partial charge >= 0.3 is 0 Å². The maximum absolute atomic E-state index is 10.4. The zero-order valence-corrected chi connectivity index (χ0v) is 16.7. The lowest BCUT2D eigenvalue weighted by Crippen LogP contribution is -2.45. The molecule has 0 radical (unpaired) electrons. The quantitative estimate of drug-likeness (QED) is 0.625. The Balaban J connectivity index is 2.46. The SMILES string of the molecule is CC(C)O[Si](/C=C/c1cc2ccccc2cc1O)(C(C)C)C(C)C. The standard InChI is InChI=1S/C21H30O2Si/c1-15(2)23-24(16(3)4,17(5)6)12-11-20-13-18-9-7-8-10-19(18)14-21(20)22/h7-17,22H,1-6H3/b12-11+. The number of rotatable bonds is 6. The molecule has 0 amide bonds. The van der Waals surface area contributed by atoms with E-state index in [9.17, 15) is 5.11 Å². The minimum absolute atomic E-state index is 0.205. The Labute approximate surface area is 147 Å². The number of aromatic hydroxyl groups is 1. The maximum Gasteiger partial charge on any atom is 0.222 e. The fourth-order valence-corrected chi connectivity index (χ4v) is 7.35. The van der Waals surface area contributed by atoms with Crippen LogP contribution in [0.25, 0.3) is 16.8 Å². The highest BCUT2D eigenvalue weighted by Crippen LogP contribution is 2.37. The molecule has 24 heavy (non-hydrogen) atoms. The first-order chi connectivity index (χ1) is 11.3. The molecule has 0 aliphatic carbocycles. The summed E-state index contributed by atoms with van der Waals surface area (Å²) in [6.45, 7) is 13.2. The summed E-state index contributed by atoms with van der Waals surface area (Å²) in [4.78, 5) is 0. The van der Waals surface area contributed by atoms with Crippen molar-refractivity contribution in [1.82, 2.24) is 0 Å². The van der Waals surface area contributed by atoms with Crippen molar-refractivity contribution < 1.29 is 9.53 Å². The molecule has 130 valence electrons. The van der Waals surface area contributed by atoms with Gasteiger partial charge in [-0.25, -0.2) is 0 Å². The fraction of sp³-hybridized carbons (Fsp3) is 0.429. The van der Waals surface area contributed by atoms with Gasteiger partial charge in [-0.1, -0.05) is 63.7 Å². The van der Waals surface area contributed by atoms with Crippen LogP contribution in [0, 0.1) is 0 Å². The monoisotopic (exact) mass is 342 g/mol. The number of benzene rings is 2. The van der Waals surface area contributed by atoms with E-state index in [1.165, 1.54) is 0 Å². The summed E-state index contributed by atoms with van der Waals surface area (Å²) in [6, 6.07) is 12.0. The van der Waals surface area contributed by atoms with Gasteiger partial charge in [0, 0.05) is 11.7 Å². The second-order valence-corrected chi connectivity index (χ2v) is 12.0. The topological polar surface area (TPSA) is 29.5 Å². The zero-order valence-electron chi connectivity index (χ0n) is 15.7. The van der Waals surface area contributed by atoms with Gasteiger partial charge in [0.1, 0.15) is 5.75 Å². The van der Waals surface area contributed by atoms with Crippen molar-refractivity contribution in [2.24, 2.45) is 0 Å². The van der Waals surface area contributed by atoms with Gasteiger partial charge in [0.15, 0.2) is 0 Å². The van der Waals surface area contributed by atoms with E-state index in [0.717, 1.165) is 16.3 Å². The Morgan fingerprint density at radius 2 is 1.46 bits per heavy atom. The smallest absolute Gasteiger partial charge is 0.222 e. The molecule has 2 nitrogen and oxygen atoms in total. The minimum atomic E-state index is -2.08. The van der Waals surface area contributed by atoms with Gasteiger partial charge in [0.05, 0.1) is 0 Å². The number of fused-ring (bicyclic) bond motifs is 1. The van der Waals surface area contributed by atoms with Crippen LogP contribution in [-0.4, -0.2) is 19.5 Å². The molecule has 0 saturated carbocycles. The first kappa shape index (κ1) is 18.8. The van der Waals surface area contributed by atoms with Gasteiger partial charge < -0.3 is 9.53 Å². The molecule has 0 spiro atoms. The molecular formula is C21H30O2Si. The summed E-state index contributed by atoms with van der Waals surface area (Å²) < 4.78 is 6.48. The van der Waals surface area contributed by atoms with Crippen molar-refractivity contribution in [2.45, 2.75) is 58.7 Å². The Hall–Kier alpha value is -1.58. The average Bonchev–Trinajstić information content (AvgIpc) is 2.50. The van der Waals surface area contributed by atoms with Crippen molar-refractivity contribution in [3.63, 3.8) is 0 Å². The molecule has 1 N–H and O–H groups in total. The molecule has 3 heteroatoms. The number of phenolic OH excluding ortho intramolecular Hbond substituents is 1. The van der Waals surface area contributed by atoms with Crippen LogP contribution in [-0.2, 0) is 4.43 Å². The normalized spacial score (nSPS) is 13.0. The van der Waals surface area contributed by atoms with E-state index in [1.807, 2.05) is 24.3 Å². The van der Waals surface area contributed by atoms with Crippen LogP contribution in [0.1, 0.15) is 47.1 Å². The number of hydrogen-bond donors (Lipinski definition) is 1. The average molecular weight is 343 g/mol. The largest absolute Gasteiger partial charge is 0.507 e. The van der Waals surface area contributed by atoms with Crippen LogP contribution >= 0.6 is 0 Å². The molecule has 0 aliphatic rings. The van der Waals surface area contributed by atoms with E-state index in [0.29, 0.717) is 16.8 Å². The molecule has 2 aromatic carbocycles. The molecule has 0 bridgehead atoms. The maximum atomic E-state index is 10.4. The summed E-state index contributed by atoms with van der Waals surface area (Å²) in [5.41, 5.74) is 4.07. The first-order valence-corrected chi connectivity index (χ1v) is 11.0. The lowest BCUT2D eigenvalue weighted by molar-refractivity contribution is 0.222. The van der Waals surface area contributed by atoms with E-state index < -0.39 is 8.32 Å². The molecule has 0 unspecified atom stereocenters. The Kier molecular flexibility index (Phi) is 5.89. The van der Waals surface area contributed by atoms with Crippen molar-refractivity contribution in [1.29, 1.82) is 0 Å². The third-order valence-corrected chi connectivity index (χ3v) is 9.84. The van der Waals surface area contributed by atoms with Crippen molar-refractivity contribution >= 4 is 25.2 Å². The van der Waals surface area contributed by atoms with Crippen LogP contribution in [0.2, 0.25) is 11.1 Å². The summed E-state index contributed by atoms with van der Waals surface area (Å²) in [5, 5.41) is 12.6. The molecule has 2 aromatic rings. The molecule has 0 aromatic heterocycles. The third kappa shape index (κ3) is 3.90. The highest BCUT2D eigenvalue weighted by atomic mass is 28.4. The summed E-state index contributed by atoms with van der Waals surface area (Å²) >= 11 is 0. The number of hydrogen-bond acceptors (Lipinski definition) is 2. The van der Waals surface area contributed by atoms with Gasteiger partial charge in [-0.3, -0.25) is 0 Å². The lowest BCUT2D eigenvalue weighted by Gasteiger charge is -2.37. The van der Waals surface area contributed by atoms with Gasteiger partial charge in [-0.2, -0.15) is 0 Å². The van der Waals surface area contributed by atoms with Crippen LogP contribution in [0.3, 0.4) is 0 Å². The molecule has 0 aliphatic heterocycles. The van der Waals surface area contributed by atoms with Crippen LogP contribution in [0.4, 0.5) is 0 Å². The summed E-state index contributed by atoms with van der Waals surface area (Å²) in [5.74, 6) is 0.324. The van der Waals surface area contributed by atoms with E-state index >= 15 is 0 Å². The highest BCUT2D eigenvalue weighted by molar-refractivity contribution is 6.81. The van der Waals surface area contributed by atoms with E-state index in [-0.39, 0.29) is 6.10 Å². The summed E-state index contributed by atoms with van der Waals surface area (Å²) in [7, 11) is -2.08. The van der Waals surface area contributed by atoms with Crippen LogP contribution < -0.4 is 0 Å². The molecular weight excluding hydrogens is 312 g/mol. The van der Waals surface area contributed by atoms with Crippen LogP contribution in [0.15, 0.2) is 42.1 Å². The Bertz CT molecular complexity index is 709. The molecule has 0 saturated heterocycles. The zero-order chi connectivity index (χ0) is 17.9. The van der Waals surface area contributed by atoms with Crippen molar-refractivity contribution in [2.75, 3.05) is 0 Å².